The molecule has 0 radical (unpaired) electrons. The Morgan fingerprint density at radius 2 is 1.57 bits per heavy atom. The SMILES string of the molecule is CC(C(=O)Nc1ccc(N2CCCCC2)cc1)N1C(=O)NC2(CCCCCC2)C1=O. The first-order valence-corrected chi connectivity index (χ1v) is 11.3. The van der Waals surface area contributed by atoms with E-state index in [0.29, 0.717) is 18.5 Å². The summed E-state index contributed by atoms with van der Waals surface area (Å²) in [6.07, 6.45) is 9.01. The van der Waals surface area contributed by atoms with E-state index in [0.717, 1.165) is 49.4 Å². The molecule has 1 unspecified atom stereocenters. The van der Waals surface area contributed by atoms with Crippen LogP contribution < -0.4 is 15.5 Å². The number of nitrogens with zero attached hydrogens (tertiary/aromatic N) is 2. The summed E-state index contributed by atoms with van der Waals surface area (Å²) in [5.74, 6) is -0.604. The van der Waals surface area contributed by atoms with Gasteiger partial charge < -0.3 is 15.5 Å². The van der Waals surface area contributed by atoms with Crippen molar-refractivity contribution < 1.29 is 14.4 Å². The average Bonchev–Trinajstić information content (AvgIpc) is 2.90. The number of imide groups is 1. The van der Waals surface area contributed by atoms with Crippen molar-refractivity contribution in [1.82, 2.24) is 10.2 Å². The van der Waals surface area contributed by atoms with Gasteiger partial charge >= 0.3 is 6.03 Å². The van der Waals surface area contributed by atoms with Crippen LogP contribution in [0.25, 0.3) is 0 Å². The Morgan fingerprint density at radius 1 is 0.967 bits per heavy atom. The summed E-state index contributed by atoms with van der Waals surface area (Å²) in [7, 11) is 0. The van der Waals surface area contributed by atoms with Gasteiger partial charge in [-0.3, -0.25) is 9.59 Å². The van der Waals surface area contributed by atoms with Crippen LogP contribution in [0.15, 0.2) is 24.3 Å². The fourth-order valence-corrected chi connectivity index (χ4v) is 4.94. The van der Waals surface area contributed by atoms with Crippen molar-refractivity contribution in [2.75, 3.05) is 23.3 Å². The third kappa shape index (κ3) is 4.02. The van der Waals surface area contributed by atoms with Crippen molar-refractivity contribution in [1.29, 1.82) is 0 Å². The monoisotopic (exact) mass is 412 g/mol. The maximum absolute atomic E-state index is 13.1. The largest absolute Gasteiger partial charge is 0.372 e. The van der Waals surface area contributed by atoms with E-state index in [-0.39, 0.29) is 11.8 Å². The van der Waals surface area contributed by atoms with Crippen LogP contribution >= 0.6 is 0 Å². The molecule has 1 aliphatic carbocycles. The number of piperidine rings is 1. The minimum absolute atomic E-state index is 0.252. The van der Waals surface area contributed by atoms with E-state index >= 15 is 0 Å². The molecule has 7 heteroatoms. The summed E-state index contributed by atoms with van der Waals surface area (Å²) < 4.78 is 0. The average molecular weight is 413 g/mol. The van der Waals surface area contributed by atoms with Crippen molar-refractivity contribution in [3.63, 3.8) is 0 Å². The van der Waals surface area contributed by atoms with Crippen LogP contribution in [0.1, 0.15) is 64.7 Å². The van der Waals surface area contributed by atoms with Crippen molar-refractivity contribution >= 4 is 29.2 Å². The maximum Gasteiger partial charge on any atom is 0.325 e. The second-order valence-corrected chi connectivity index (χ2v) is 8.86. The molecule has 0 bridgehead atoms. The van der Waals surface area contributed by atoms with Crippen LogP contribution in [-0.2, 0) is 9.59 Å². The number of hydrogen-bond donors (Lipinski definition) is 2. The molecular weight excluding hydrogens is 380 g/mol. The molecule has 2 saturated heterocycles. The molecule has 162 valence electrons. The molecule has 1 aromatic rings. The Balaban J connectivity index is 1.40. The van der Waals surface area contributed by atoms with E-state index in [9.17, 15) is 14.4 Å². The van der Waals surface area contributed by atoms with Crippen LogP contribution in [0.2, 0.25) is 0 Å². The normalized spacial score (nSPS) is 22.6. The maximum atomic E-state index is 13.1. The summed E-state index contributed by atoms with van der Waals surface area (Å²) in [4.78, 5) is 42.0. The molecule has 1 aromatic carbocycles. The van der Waals surface area contributed by atoms with E-state index < -0.39 is 17.6 Å². The molecule has 2 aliphatic heterocycles. The molecule has 4 rings (SSSR count). The Morgan fingerprint density at radius 3 is 2.20 bits per heavy atom. The van der Waals surface area contributed by atoms with Crippen molar-refractivity contribution in [2.24, 2.45) is 0 Å². The topological polar surface area (TPSA) is 81.8 Å². The molecule has 3 aliphatic rings. The molecule has 30 heavy (non-hydrogen) atoms. The number of urea groups is 1. The van der Waals surface area contributed by atoms with Gasteiger partial charge in [0, 0.05) is 24.5 Å². The lowest BCUT2D eigenvalue weighted by Crippen LogP contribution is -2.49. The summed E-state index contributed by atoms with van der Waals surface area (Å²) in [6, 6.07) is 6.48. The molecule has 1 spiro atoms. The van der Waals surface area contributed by atoms with Crippen LogP contribution in [0, 0.1) is 0 Å². The molecule has 2 heterocycles. The third-order valence-corrected chi connectivity index (χ3v) is 6.77. The smallest absolute Gasteiger partial charge is 0.325 e. The predicted octanol–water partition coefficient (Wildman–Crippen LogP) is 3.65. The minimum Gasteiger partial charge on any atom is -0.372 e. The lowest BCUT2D eigenvalue weighted by Gasteiger charge is -2.29. The zero-order valence-electron chi connectivity index (χ0n) is 17.8. The quantitative estimate of drug-likeness (QED) is 0.740. The number of benzene rings is 1. The van der Waals surface area contributed by atoms with E-state index in [1.54, 1.807) is 6.92 Å². The van der Waals surface area contributed by atoms with Crippen LogP contribution in [0.4, 0.5) is 16.2 Å². The molecule has 3 fully saturated rings. The highest BCUT2D eigenvalue weighted by Gasteiger charge is 2.53. The fourth-order valence-electron chi connectivity index (χ4n) is 4.94. The van der Waals surface area contributed by atoms with Crippen LogP contribution in [0.5, 0.6) is 0 Å². The van der Waals surface area contributed by atoms with Crippen LogP contribution in [-0.4, -0.2) is 47.4 Å². The van der Waals surface area contributed by atoms with Gasteiger partial charge in [-0.15, -0.1) is 0 Å². The Kier molecular flexibility index (Phi) is 5.97. The van der Waals surface area contributed by atoms with E-state index in [1.807, 2.05) is 24.3 Å². The lowest BCUT2D eigenvalue weighted by atomic mass is 9.90. The Bertz CT molecular complexity index is 793. The van der Waals surface area contributed by atoms with Gasteiger partial charge in [0.15, 0.2) is 0 Å². The molecular formula is C23H32N4O3. The minimum atomic E-state index is -0.859. The second kappa shape index (κ2) is 8.66. The summed E-state index contributed by atoms with van der Waals surface area (Å²) in [5.41, 5.74) is 1.01. The highest BCUT2D eigenvalue weighted by Crippen LogP contribution is 2.33. The molecule has 1 atom stereocenters. The first-order valence-electron chi connectivity index (χ1n) is 11.3. The molecule has 0 aromatic heterocycles. The molecule has 2 N–H and O–H groups in total. The highest BCUT2D eigenvalue weighted by molar-refractivity contribution is 6.11. The highest BCUT2D eigenvalue weighted by atomic mass is 16.2. The van der Waals surface area contributed by atoms with Gasteiger partial charge in [-0.05, 0) is 63.3 Å². The van der Waals surface area contributed by atoms with Gasteiger partial charge in [-0.1, -0.05) is 25.7 Å². The van der Waals surface area contributed by atoms with Crippen molar-refractivity contribution in [3.8, 4) is 0 Å². The third-order valence-electron chi connectivity index (χ3n) is 6.77. The number of rotatable bonds is 4. The van der Waals surface area contributed by atoms with Gasteiger partial charge in [-0.2, -0.15) is 0 Å². The number of hydrogen-bond acceptors (Lipinski definition) is 4. The number of amides is 4. The number of nitrogens with one attached hydrogen (secondary N) is 2. The first kappa shape index (κ1) is 20.7. The van der Waals surface area contributed by atoms with E-state index in [2.05, 4.69) is 15.5 Å². The number of carbonyl (C=O) groups excluding carboxylic acids is 3. The van der Waals surface area contributed by atoms with E-state index in [4.69, 9.17) is 0 Å². The Labute approximate surface area is 178 Å². The number of anilines is 2. The van der Waals surface area contributed by atoms with Crippen molar-refractivity contribution in [2.45, 2.75) is 76.3 Å². The van der Waals surface area contributed by atoms with E-state index in [1.165, 1.54) is 19.3 Å². The zero-order valence-corrected chi connectivity index (χ0v) is 17.8. The van der Waals surface area contributed by atoms with Gasteiger partial charge in [0.2, 0.25) is 5.91 Å². The van der Waals surface area contributed by atoms with Gasteiger partial charge in [0.25, 0.3) is 5.91 Å². The summed E-state index contributed by atoms with van der Waals surface area (Å²) >= 11 is 0. The van der Waals surface area contributed by atoms with Gasteiger partial charge in [0.05, 0.1) is 0 Å². The molecule has 4 amide bonds. The predicted molar refractivity (Wildman–Crippen MR) is 116 cm³/mol. The molecule has 7 nitrogen and oxygen atoms in total. The van der Waals surface area contributed by atoms with Crippen molar-refractivity contribution in [3.05, 3.63) is 24.3 Å². The second-order valence-electron chi connectivity index (χ2n) is 8.86. The van der Waals surface area contributed by atoms with Crippen LogP contribution in [0.3, 0.4) is 0 Å². The van der Waals surface area contributed by atoms with Gasteiger partial charge in [0.1, 0.15) is 11.6 Å². The fraction of sp³-hybridized carbons (Fsp3) is 0.609. The first-order chi connectivity index (χ1) is 14.5. The zero-order chi connectivity index (χ0) is 21.1. The lowest BCUT2D eigenvalue weighted by molar-refractivity contribution is -0.136. The Hall–Kier alpha value is -2.57. The standard InChI is InChI=1S/C23H32N4O3/c1-17(27-21(29)23(25-22(27)30)13-5-2-3-6-14-23)20(28)24-18-9-11-19(12-10-18)26-15-7-4-8-16-26/h9-12,17H,2-8,13-16H2,1H3,(H,24,28)(H,25,30). The summed E-state index contributed by atoms with van der Waals surface area (Å²) in [5, 5.41) is 5.77. The molecule has 1 saturated carbocycles. The summed E-state index contributed by atoms with van der Waals surface area (Å²) in [6.45, 7) is 3.75. The van der Waals surface area contributed by atoms with Gasteiger partial charge in [-0.25, -0.2) is 9.69 Å². The number of carbonyl (C=O) groups is 3.